The molecule has 5 nitrogen and oxygen atoms in total. The summed E-state index contributed by atoms with van der Waals surface area (Å²) >= 11 is 0. The average Bonchev–Trinajstić information content (AvgIpc) is 2.97. The van der Waals surface area contributed by atoms with Gasteiger partial charge in [-0.1, -0.05) is 6.92 Å². The van der Waals surface area contributed by atoms with Crippen LogP contribution in [0.2, 0.25) is 0 Å². The normalized spacial score (nSPS) is 12.8. The fourth-order valence-electron chi connectivity index (χ4n) is 2.28. The minimum absolute atomic E-state index is 0.159. The van der Waals surface area contributed by atoms with Gasteiger partial charge in [-0.3, -0.25) is 9.36 Å². The first-order valence-corrected chi connectivity index (χ1v) is 6.92. The van der Waals surface area contributed by atoms with Gasteiger partial charge in [-0.25, -0.2) is 0 Å². The van der Waals surface area contributed by atoms with Gasteiger partial charge in [-0.2, -0.15) is 10.2 Å². The lowest BCUT2D eigenvalue weighted by Gasteiger charge is -2.17. The summed E-state index contributed by atoms with van der Waals surface area (Å²) in [5.74, 6) is 0. The lowest BCUT2D eigenvalue weighted by molar-refractivity contribution is 0.552. The molecule has 0 spiro atoms. The van der Waals surface area contributed by atoms with E-state index in [1.54, 1.807) is 0 Å². The van der Waals surface area contributed by atoms with E-state index in [9.17, 15) is 0 Å². The van der Waals surface area contributed by atoms with E-state index in [-0.39, 0.29) is 6.04 Å². The second-order valence-corrected chi connectivity index (χ2v) is 4.85. The molecule has 2 aromatic heterocycles. The number of nitrogens with one attached hydrogen (secondary N) is 1. The van der Waals surface area contributed by atoms with Gasteiger partial charge in [0.15, 0.2) is 0 Å². The fourth-order valence-corrected chi connectivity index (χ4v) is 2.28. The second-order valence-electron chi connectivity index (χ2n) is 4.85. The first-order chi connectivity index (χ1) is 9.15. The van der Waals surface area contributed by atoms with E-state index in [0.29, 0.717) is 0 Å². The zero-order valence-corrected chi connectivity index (χ0v) is 12.2. The molecule has 0 saturated carbocycles. The molecule has 0 aliphatic rings. The van der Waals surface area contributed by atoms with E-state index in [1.807, 2.05) is 29.5 Å². The Hall–Kier alpha value is -1.62. The van der Waals surface area contributed by atoms with E-state index < -0.39 is 0 Å². The maximum absolute atomic E-state index is 4.44. The molecule has 19 heavy (non-hydrogen) atoms. The Morgan fingerprint density at radius 3 is 2.68 bits per heavy atom. The summed E-state index contributed by atoms with van der Waals surface area (Å²) < 4.78 is 3.91. The predicted octanol–water partition coefficient (Wildman–Crippen LogP) is 2.03. The topological polar surface area (TPSA) is 47.7 Å². The van der Waals surface area contributed by atoms with Gasteiger partial charge in [-0.15, -0.1) is 0 Å². The van der Waals surface area contributed by atoms with Gasteiger partial charge in [0.1, 0.15) is 0 Å². The summed E-state index contributed by atoms with van der Waals surface area (Å²) in [4.78, 5) is 0. The molecule has 1 atom stereocenters. The maximum atomic E-state index is 4.44. The van der Waals surface area contributed by atoms with Gasteiger partial charge in [0.05, 0.1) is 23.6 Å². The molecule has 0 fully saturated rings. The number of aromatic nitrogens is 4. The van der Waals surface area contributed by atoms with Crippen LogP contribution < -0.4 is 5.32 Å². The molecule has 0 saturated heterocycles. The Kier molecular flexibility index (Phi) is 4.37. The zero-order chi connectivity index (χ0) is 13.8. The number of aryl methyl sites for hydroxylation is 3. The van der Waals surface area contributed by atoms with E-state index >= 15 is 0 Å². The SMILES string of the molecule is CCCNC(c1cnn(CC)c1)c1cc(C)nn1C. The van der Waals surface area contributed by atoms with Crippen LogP contribution in [-0.4, -0.2) is 26.1 Å². The van der Waals surface area contributed by atoms with Crippen LogP contribution in [-0.2, 0) is 13.6 Å². The van der Waals surface area contributed by atoms with Crippen molar-refractivity contribution in [3.05, 3.63) is 35.4 Å². The highest BCUT2D eigenvalue weighted by Crippen LogP contribution is 2.22. The minimum Gasteiger partial charge on any atom is -0.305 e. The molecule has 0 aliphatic carbocycles. The van der Waals surface area contributed by atoms with Crippen LogP contribution in [0.4, 0.5) is 0 Å². The molecule has 2 heterocycles. The highest BCUT2D eigenvalue weighted by molar-refractivity contribution is 5.25. The average molecular weight is 261 g/mol. The van der Waals surface area contributed by atoms with Crippen molar-refractivity contribution in [1.29, 1.82) is 0 Å². The molecule has 1 N–H and O–H groups in total. The third kappa shape index (κ3) is 3.04. The van der Waals surface area contributed by atoms with Crippen LogP contribution in [0, 0.1) is 6.92 Å². The zero-order valence-electron chi connectivity index (χ0n) is 12.2. The number of nitrogens with zero attached hydrogens (tertiary/aromatic N) is 4. The number of rotatable bonds is 6. The quantitative estimate of drug-likeness (QED) is 0.865. The van der Waals surface area contributed by atoms with Crippen molar-refractivity contribution in [1.82, 2.24) is 24.9 Å². The third-order valence-corrected chi connectivity index (χ3v) is 3.24. The van der Waals surface area contributed by atoms with Crippen molar-refractivity contribution in [3.8, 4) is 0 Å². The van der Waals surface area contributed by atoms with Crippen molar-refractivity contribution in [2.45, 2.75) is 39.8 Å². The molecule has 104 valence electrons. The highest BCUT2D eigenvalue weighted by atomic mass is 15.3. The first-order valence-electron chi connectivity index (χ1n) is 6.92. The monoisotopic (exact) mass is 261 g/mol. The van der Waals surface area contributed by atoms with E-state index in [1.165, 1.54) is 11.3 Å². The Bertz CT molecular complexity index is 526. The summed E-state index contributed by atoms with van der Waals surface area (Å²) in [6.07, 6.45) is 5.16. The Morgan fingerprint density at radius 1 is 1.37 bits per heavy atom. The fraction of sp³-hybridized carbons (Fsp3) is 0.571. The molecule has 0 amide bonds. The molecule has 1 unspecified atom stereocenters. The Labute approximate surface area is 114 Å². The van der Waals surface area contributed by atoms with Gasteiger partial charge in [0, 0.05) is 25.4 Å². The summed E-state index contributed by atoms with van der Waals surface area (Å²) in [6.45, 7) is 8.17. The Balaban J connectivity index is 2.32. The third-order valence-electron chi connectivity index (χ3n) is 3.24. The van der Waals surface area contributed by atoms with Crippen LogP contribution in [0.5, 0.6) is 0 Å². The molecule has 2 aromatic rings. The predicted molar refractivity (Wildman–Crippen MR) is 76.0 cm³/mol. The Morgan fingerprint density at radius 2 is 2.16 bits per heavy atom. The van der Waals surface area contributed by atoms with E-state index in [2.05, 4.69) is 41.6 Å². The number of hydrogen-bond donors (Lipinski definition) is 1. The maximum Gasteiger partial charge on any atom is 0.0779 e. The molecule has 0 radical (unpaired) electrons. The van der Waals surface area contributed by atoms with Crippen LogP contribution in [0.25, 0.3) is 0 Å². The van der Waals surface area contributed by atoms with Crippen LogP contribution >= 0.6 is 0 Å². The van der Waals surface area contributed by atoms with Crippen LogP contribution in [0.15, 0.2) is 18.5 Å². The van der Waals surface area contributed by atoms with E-state index in [0.717, 1.165) is 25.2 Å². The molecule has 2 rings (SSSR count). The second kappa shape index (κ2) is 6.02. The lowest BCUT2D eigenvalue weighted by atomic mass is 10.1. The van der Waals surface area contributed by atoms with Crippen LogP contribution in [0.3, 0.4) is 0 Å². The smallest absolute Gasteiger partial charge is 0.0779 e. The van der Waals surface area contributed by atoms with Gasteiger partial charge in [-0.05, 0) is 32.9 Å². The summed E-state index contributed by atoms with van der Waals surface area (Å²) in [5, 5.41) is 12.4. The highest BCUT2D eigenvalue weighted by Gasteiger charge is 2.19. The molecule has 5 heteroatoms. The standard InChI is InChI=1S/C14H23N5/c1-5-7-15-14(12-9-16-19(6-2)10-12)13-8-11(3)17-18(13)4/h8-10,14-15H,5-7H2,1-4H3. The van der Waals surface area contributed by atoms with E-state index in [4.69, 9.17) is 0 Å². The minimum atomic E-state index is 0.159. The van der Waals surface area contributed by atoms with Gasteiger partial charge >= 0.3 is 0 Å². The molecular formula is C14H23N5. The van der Waals surface area contributed by atoms with Crippen molar-refractivity contribution in [2.24, 2.45) is 7.05 Å². The summed E-state index contributed by atoms with van der Waals surface area (Å²) in [6, 6.07) is 2.29. The van der Waals surface area contributed by atoms with Crippen molar-refractivity contribution >= 4 is 0 Å². The molecular weight excluding hydrogens is 238 g/mol. The van der Waals surface area contributed by atoms with Crippen molar-refractivity contribution in [3.63, 3.8) is 0 Å². The summed E-state index contributed by atoms with van der Waals surface area (Å²) in [7, 11) is 1.99. The molecule has 0 aliphatic heterocycles. The van der Waals surface area contributed by atoms with Crippen molar-refractivity contribution < 1.29 is 0 Å². The summed E-state index contributed by atoms with van der Waals surface area (Å²) in [5.41, 5.74) is 3.42. The van der Waals surface area contributed by atoms with Gasteiger partial charge in [0.25, 0.3) is 0 Å². The number of hydrogen-bond acceptors (Lipinski definition) is 3. The van der Waals surface area contributed by atoms with Gasteiger partial charge in [0.2, 0.25) is 0 Å². The largest absolute Gasteiger partial charge is 0.305 e. The molecule has 0 aromatic carbocycles. The van der Waals surface area contributed by atoms with Gasteiger partial charge < -0.3 is 5.32 Å². The van der Waals surface area contributed by atoms with Crippen LogP contribution in [0.1, 0.15) is 43.3 Å². The molecule has 0 bridgehead atoms. The van der Waals surface area contributed by atoms with Crippen molar-refractivity contribution in [2.75, 3.05) is 6.54 Å². The first kappa shape index (κ1) is 13.8. The lowest BCUT2D eigenvalue weighted by Crippen LogP contribution is -2.25.